The van der Waals surface area contributed by atoms with Crippen LogP contribution in [0.5, 0.6) is 11.5 Å². The smallest absolute Gasteiger partial charge is 0.255 e. The van der Waals surface area contributed by atoms with E-state index in [9.17, 15) is 15.0 Å². The van der Waals surface area contributed by atoms with Crippen molar-refractivity contribution in [1.82, 2.24) is 5.32 Å². The predicted octanol–water partition coefficient (Wildman–Crippen LogP) is 0.955. The molecule has 0 aromatic heterocycles. The maximum absolute atomic E-state index is 11.8. The standard InChI is InChI=1S/C12H18N2O3/c1-2-4-8(7-13)14-12(17)9-5-3-6-10(15)11(9)16/h3,5-6,8,15-16H,2,4,7,13H2,1H3,(H,14,17). The largest absolute Gasteiger partial charge is 0.504 e. The SMILES string of the molecule is CCCC(CN)NC(=O)c1cccc(O)c1O. The summed E-state index contributed by atoms with van der Waals surface area (Å²) in [5.41, 5.74) is 5.58. The molecule has 1 rings (SSSR count). The van der Waals surface area contributed by atoms with E-state index in [1.807, 2.05) is 6.92 Å². The fourth-order valence-corrected chi connectivity index (χ4v) is 1.58. The number of hydrogen-bond donors (Lipinski definition) is 4. The Morgan fingerprint density at radius 1 is 1.47 bits per heavy atom. The summed E-state index contributed by atoms with van der Waals surface area (Å²) < 4.78 is 0. The van der Waals surface area contributed by atoms with Gasteiger partial charge in [-0.15, -0.1) is 0 Å². The molecule has 5 heteroatoms. The second-order valence-electron chi connectivity index (χ2n) is 3.87. The lowest BCUT2D eigenvalue weighted by Crippen LogP contribution is -2.40. The molecule has 0 fully saturated rings. The van der Waals surface area contributed by atoms with E-state index in [1.165, 1.54) is 18.2 Å². The molecule has 0 saturated carbocycles. The van der Waals surface area contributed by atoms with Gasteiger partial charge in [-0.2, -0.15) is 0 Å². The summed E-state index contributed by atoms with van der Waals surface area (Å²) in [7, 11) is 0. The molecule has 1 unspecified atom stereocenters. The van der Waals surface area contributed by atoms with Gasteiger partial charge in [-0.05, 0) is 18.6 Å². The molecule has 0 heterocycles. The van der Waals surface area contributed by atoms with Crippen molar-refractivity contribution in [3.05, 3.63) is 23.8 Å². The Kier molecular flexibility index (Phi) is 4.78. The second-order valence-corrected chi connectivity index (χ2v) is 3.87. The van der Waals surface area contributed by atoms with Crippen LogP contribution in [0.15, 0.2) is 18.2 Å². The number of carbonyl (C=O) groups excluding carboxylic acids is 1. The van der Waals surface area contributed by atoms with Crippen molar-refractivity contribution in [3.63, 3.8) is 0 Å². The Balaban J connectivity index is 2.79. The van der Waals surface area contributed by atoms with E-state index < -0.39 is 11.7 Å². The minimum atomic E-state index is -0.428. The van der Waals surface area contributed by atoms with Crippen LogP contribution in [0.4, 0.5) is 0 Å². The molecule has 0 saturated heterocycles. The molecule has 0 aliphatic heterocycles. The molecule has 17 heavy (non-hydrogen) atoms. The Morgan fingerprint density at radius 3 is 2.76 bits per heavy atom. The highest BCUT2D eigenvalue weighted by atomic mass is 16.3. The van der Waals surface area contributed by atoms with E-state index in [1.54, 1.807) is 0 Å². The fourth-order valence-electron chi connectivity index (χ4n) is 1.58. The van der Waals surface area contributed by atoms with Gasteiger partial charge in [0.05, 0.1) is 5.56 Å². The second kappa shape index (κ2) is 6.10. The first-order chi connectivity index (χ1) is 8.10. The highest BCUT2D eigenvalue weighted by molar-refractivity contribution is 5.97. The normalized spacial score (nSPS) is 12.1. The monoisotopic (exact) mass is 238 g/mol. The summed E-state index contributed by atoms with van der Waals surface area (Å²) in [6, 6.07) is 4.15. The maximum Gasteiger partial charge on any atom is 0.255 e. The molecule has 1 amide bonds. The van der Waals surface area contributed by atoms with Gasteiger partial charge in [0.25, 0.3) is 5.91 Å². The molecule has 0 aliphatic carbocycles. The Hall–Kier alpha value is -1.75. The zero-order chi connectivity index (χ0) is 12.8. The van der Waals surface area contributed by atoms with Gasteiger partial charge in [0.15, 0.2) is 11.5 Å². The number of para-hydroxylation sites is 1. The first-order valence-corrected chi connectivity index (χ1v) is 5.62. The van der Waals surface area contributed by atoms with Crippen LogP contribution in [0, 0.1) is 0 Å². The number of amides is 1. The van der Waals surface area contributed by atoms with Gasteiger partial charge >= 0.3 is 0 Å². The van der Waals surface area contributed by atoms with Crippen molar-refractivity contribution in [2.75, 3.05) is 6.54 Å². The van der Waals surface area contributed by atoms with Crippen molar-refractivity contribution < 1.29 is 15.0 Å². The lowest BCUT2D eigenvalue weighted by atomic mass is 10.1. The van der Waals surface area contributed by atoms with Crippen molar-refractivity contribution in [2.45, 2.75) is 25.8 Å². The summed E-state index contributed by atoms with van der Waals surface area (Å²) >= 11 is 0. The molecular formula is C12H18N2O3. The lowest BCUT2D eigenvalue weighted by Gasteiger charge is -2.16. The number of nitrogens with two attached hydrogens (primary N) is 1. The molecule has 5 N–H and O–H groups in total. The first kappa shape index (κ1) is 13.3. The molecule has 0 aliphatic rings. The van der Waals surface area contributed by atoms with E-state index in [-0.39, 0.29) is 17.4 Å². The molecule has 0 radical (unpaired) electrons. The van der Waals surface area contributed by atoms with Crippen LogP contribution in [-0.4, -0.2) is 28.7 Å². The van der Waals surface area contributed by atoms with Crippen LogP contribution in [0.1, 0.15) is 30.1 Å². The van der Waals surface area contributed by atoms with Crippen molar-refractivity contribution in [1.29, 1.82) is 0 Å². The van der Waals surface area contributed by atoms with Crippen LogP contribution in [0.2, 0.25) is 0 Å². The number of phenolic OH excluding ortho intramolecular Hbond substituents is 2. The lowest BCUT2D eigenvalue weighted by molar-refractivity contribution is 0.0933. The molecule has 0 spiro atoms. The van der Waals surface area contributed by atoms with E-state index in [2.05, 4.69) is 5.32 Å². The predicted molar refractivity (Wildman–Crippen MR) is 65.0 cm³/mol. The van der Waals surface area contributed by atoms with Gasteiger partial charge in [0, 0.05) is 12.6 Å². The van der Waals surface area contributed by atoms with Crippen LogP contribution >= 0.6 is 0 Å². The minimum Gasteiger partial charge on any atom is -0.504 e. The molecule has 94 valence electrons. The number of phenols is 2. The maximum atomic E-state index is 11.8. The summed E-state index contributed by atoms with van der Waals surface area (Å²) in [4.78, 5) is 11.8. The number of aromatic hydroxyl groups is 2. The number of carbonyl (C=O) groups is 1. The molecule has 1 aromatic rings. The fraction of sp³-hybridized carbons (Fsp3) is 0.417. The average molecular weight is 238 g/mol. The van der Waals surface area contributed by atoms with E-state index >= 15 is 0 Å². The third-order valence-corrected chi connectivity index (χ3v) is 2.52. The molecule has 1 atom stereocenters. The van der Waals surface area contributed by atoms with Crippen molar-refractivity contribution >= 4 is 5.91 Å². The van der Waals surface area contributed by atoms with Gasteiger partial charge in [-0.3, -0.25) is 4.79 Å². The van der Waals surface area contributed by atoms with E-state index in [0.29, 0.717) is 6.54 Å². The molecule has 1 aromatic carbocycles. The van der Waals surface area contributed by atoms with E-state index in [4.69, 9.17) is 5.73 Å². The van der Waals surface area contributed by atoms with E-state index in [0.717, 1.165) is 12.8 Å². The zero-order valence-electron chi connectivity index (χ0n) is 9.81. The Bertz CT molecular complexity index is 393. The van der Waals surface area contributed by atoms with Crippen molar-refractivity contribution in [2.24, 2.45) is 5.73 Å². The average Bonchev–Trinajstić information content (AvgIpc) is 2.31. The van der Waals surface area contributed by atoms with Crippen LogP contribution in [-0.2, 0) is 0 Å². The third kappa shape index (κ3) is 3.35. The zero-order valence-corrected chi connectivity index (χ0v) is 9.81. The first-order valence-electron chi connectivity index (χ1n) is 5.62. The van der Waals surface area contributed by atoms with Crippen LogP contribution < -0.4 is 11.1 Å². The third-order valence-electron chi connectivity index (χ3n) is 2.52. The highest BCUT2D eigenvalue weighted by Crippen LogP contribution is 2.27. The number of rotatable bonds is 5. The minimum absolute atomic E-state index is 0.0551. The van der Waals surface area contributed by atoms with Gasteiger partial charge in [0.1, 0.15) is 0 Å². The Morgan fingerprint density at radius 2 is 2.18 bits per heavy atom. The van der Waals surface area contributed by atoms with Crippen LogP contribution in [0.3, 0.4) is 0 Å². The Labute approximate surface area is 100 Å². The highest BCUT2D eigenvalue weighted by Gasteiger charge is 2.16. The summed E-state index contributed by atoms with van der Waals surface area (Å²) in [6.45, 7) is 2.35. The van der Waals surface area contributed by atoms with Crippen molar-refractivity contribution in [3.8, 4) is 11.5 Å². The molecule has 0 bridgehead atoms. The summed E-state index contributed by atoms with van der Waals surface area (Å²) in [5, 5.41) is 21.5. The molecule has 5 nitrogen and oxygen atoms in total. The summed E-state index contributed by atoms with van der Waals surface area (Å²) in [5.74, 6) is -1.14. The number of nitrogens with one attached hydrogen (secondary N) is 1. The topological polar surface area (TPSA) is 95.6 Å². The van der Waals surface area contributed by atoms with Crippen LogP contribution in [0.25, 0.3) is 0 Å². The summed E-state index contributed by atoms with van der Waals surface area (Å²) in [6.07, 6.45) is 1.69. The molecular weight excluding hydrogens is 220 g/mol. The van der Waals surface area contributed by atoms with Gasteiger partial charge in [-0.1, -0.05) is 19.4 Å². The van der Waals surface area contributed by atoms with Gasteiger partial charge in [0.2, 0.25) is 0 Å². The number of hydrogen-bond acceptors (Lipinski definition) is 4. The quantitative estimate of drug-likeness (QED) is 0.574. The number of benzene rings is 1. The van der Waals surface area contributed by atoms with Gasteiger partial charge in [-0.25, -0.2) is 0 Å². The van der Waals surface area contributed by atoms with Gasteiger partial charge < -0.3 is 21.3 Å².